The minimum atomic E-state index is -3.19. The Morgan fingerprint density at radius 1 is 1.09 bits per heavy atom. The fourth-order valence-electron chi connectivity index (χ4n) is 3.90. The number of nitrogens with zero attached hydrogens (tertiary/aromatic N) is 3. The Morgan fingerprint density at radius 2 is 1.85 bits per heavy atom. The summed E-state index contributed by atoms with van der Waals surface area (Å²) in [5.74, 6) is 0.582. The van der Waals surface area contributed by atoms with Crippen LogP contribution in [-0.4, -0.2) is 61.3 Å². The van der Waals surface area contributed by atoms with Gasteiger partial charge in [0.25, 0.3) is 8.54 Å². The summed E-state index contributed by atoms with van der Waals surface area (Å²) < 4.78 is 32.6. The van der Waals surface area contributed by atoms with Crippen LogP contribution in [0, 0.1) is 0 Å². The van der Waals surface area contributed by atoms with Crippen LogP contribution in [0.15, 0.2) is 64.5 Å². The zero-order valence-corrected chi connectivity index (χ0v) is 20.8. The summed E-state index contributed by atoms with van der Waals surface area (Å²) in [6, 6.07) is 12.4. The molecule has 2 aromatic rings. The van der Waals surface area contributed by atoms with Crippen molar-refractivity contribution in [2.24, 2.45) is 4.99 Å². The van der Waals surface area contributed by atoms with Gasteiger partial charge in [-0.3, -0.25) is 4.99 Å². The first kappa shape index (κ1) is 23.9. The van der Waals surface area contributed by atoms with Crippen molar-refractivity contribution in [2.45, 2.75) is 13.0 Å². The molecule has 1 unspecified atom stereocenters. The van der Waals surface area contributed by atoms with Gasteiger partial charge in [0.1, 0.15) is 5.75 Å². The maximum absolute atomic E-state index is 13.5. The van der Waals surface area contributed by atoms with E-state index in [9.17, 15) is 8.39 Å². The van der Waals surface area contributed by atoms with Crippen LogP contribution < -0.4 is 10.0 Å². The maximum Gasteiger partial charge on any atom is 0.298 e. The van der Waals surface area contributed by atoms with Gasteiger partial charge in [0, 0.05) is 42.0 Å². The molecule has 0 aliphatic carbocycles. The summed E-state index contributed by atoms with van der Waals surface area (Å²) in [6.07, 6.45) is 6.13. The molecule has 0 saturated carbocycles. The van der Waals surface area contributed by atoms with Gasteiger partial charge in [-0.2, -0.15) is 8.39 Å². The lowest BCUT2D eigenvalue weighted by atomic mass is 10.0. The van der Waals surface area contributed by atoms with Gasteiger partial charge in [-0.05, 0) is 37.2 Å². The SMILES string of the molecule is COc1cc(C=CC=C2SC(N3CCN(C)CC3)=NC2C)ccc1-c1ccccc1P(F)F. The van der Waals surface area contributed by atoms with Crippen LogP contribution in [0.1, 0.15) is 12.5 Å². The fraction of sp³-hybridized carbons (Fsp3) is 0.320. The molecule has 2 aromatic carbocycles. The molecular weight excluding hydrogens is 459 g/mol. The van der Waals surface area contributed by atoms with Crippen LogP contribution in [0.25, 0.3) is 17.2 Å². The number of benzene rings is 2. The third-order valence-corrected chi connectivity index (χ3v) is 7.86. The number of thioether (sulfide) groups is 1. The van der Waals surface area contributed by atoms with E-state index in [1.807, 2.05) is 30.4 Å². The third-order valence-electron chi connectivity index (χ3n) is 5.85. The molecular formula is C25H28F2N3OPS. The molecule has 2 aliphatic heterocycles. The average molecular weight is 488 g/mol. The smallest absolute Gasteiger partial charge is 0.298 e. The summed E-state index contributed by atoms with van der Waals surface area (Å²) >= 11 is 1.75. The minimum absolute atomic E-state index is 0.0715. The van der Waals surface area contributed by atoms with Crippen molar-refractivity contribution >= 4 is 36.9 Å². The van der Waals surface area contributed by atoms with Crippen LogP contribution in [0.2, 0.25) is 0 Å². The van der Waals surface area contributed by atoms with Crippen molar-refractivity contribution in [1.82, 2.24) is 9.80 Å². The molecule has 33 heavy (non-hydrogen) atoms. The number of aliphatic imine (C=N–C) groups is 1. The first-order chi connectivity index (χ1) is 16.0. The zero-order chi connectivity index (χ0) is 23.4. The highest BCUT2D eigenvalue weighted by Gasteiger charge is 2.26. The standard InChI is InChI=1S/C25H28F2N3OPS/c1-18-24(33-25(28-18)30-15-13-29(2)14-16-30)10-6-7-19-11-12-20(22(17-19)31-3)21-8-4-5-9-23(21)32(26)27/h4-12,17-18H,13-16H2,1-3H3. The predicted molar refractivity (Wildman–Crippen MR) is 138 cm³/mol. The van der Waals surface area contributed by atoms with Crippen molar-refractivity contribution in [3.63, 3.8) is 0 Å². The Kier molecular flexibility index (Phi) is 7.84. The van der Waals surface area contributed by atoms with E-state index in [1.165, 1.54) is 11.0 Å². The molecule has 0 bridgehead atoms. The number of allylic oxidation sites excluding steroid dienone is 2. The normalized spacial score (nSPS) is 20.8. The number of piperazine rings is 1. The molecule has 1 fully saturated rings. The molecule has 0 amide bonds. The Labute approximate surface area is 200 Å². The van der Waals surface area contributed by atoms with E-state index in [1.54, 1.807) is 37.1 Å². The minimum Gasteiger partial charge on any atom is -0.496 e. The molecule has 1 atom stereocenters. The molecule has 1 saturated heterocycles. The summed E-state index contributed by atoms with van der Waals surface area (Å²) in [7, 11) is 0.529. The lowest BCUT2D eigenvalue weighted by Gasteiger charge is -2.33. The number of hydrogen-bond donors (Lipinski definition) is 0. The number of likely N-dealkylation sites (N-methyl/N-ethyl adjacent to an activating group) is 1. The molecule has 4 nitrogen and oxygen atoms in total. The first-order valence-corrected chi connectivity index (χ1v) is 12.9. The molecule has 0 aromatic heterocycles. The topological polar surface area (TPSA) is 28.1 Å². The van der Waals surface area contributed by atoms with Crippen molar-refractivity contribution in [1.29, 1.82) is 0 Å². The van der Waals surface area contributed by atoms with E-state index in [4.69, 9.17) is 9.73 Å². The van der Waals surface area contributed by atoms with Crippen LogP contribution in [0.5, 0.6) is 5.75 Å². The van der Waals surface area contributed by atoms with Crippen LogP contribution >= 0.6 is 20.3 Å². The van der Waals surface area contributed by atoms with Gasteiger partial charge in [-0.1, -0.05) is 60.3 Å². The van der Waals surface area contributed by atoms with Gasteiger partial charge in [-0.15, -0.1) is 0 Å². The zero-order valence-electron chi connectivity index (χ0n) is 19.0. The van der Waals surface area contributed by atoms with Crippen LogP contribution in [0.4, 0.5) is 8.39 Å². The molecule has 8 heteroatoms. The van der Waals surface area contributed by atoms with Gasteiger partial charge in [-0.25, -0.2) is 0 Å². The largest absolute Gasteiger partial charge is 0.496 e. The molecule has 0 spiro atoms. The van der Waals surface area contributed by atoms with Crippen molar-refractivity contribution < 1.29 is 13.1 Å². The van der Waals surface area contributed by atoms with E-state index in [-0.39, 0.29) is 11.3 Å². The Balaban J connectivity index is 1.48. The number of hydrogen-bond acceptors (Lipinski definition) is 5. The summed E-state index contributed by atoms with van der Waals surface area (Å²) in [5, 5.41) is 1.18. The van der Waals surface area contributed by atoms with E-state index in [2.05, 4.69) is 29.8 Å². The Hall–Kier alpha value is -2.21. The molecule has 4 rings (SSSR count). The second-order valence-electron chi connectivity index (χ2n) is 8.12. The average Bonchev–Trinajstić information content (AvgIpc) is 3.19. The molecule has 0 N–H and O–H groups in total. The highest BCUT2D eigenvalue weighted by Crippen LogP contribution is 2.42. The third kappa shape index (κ3) is 5.65. The summed E-state index contributed by atoms with van der Waals surface area (Å²) in [6.45, 7) is 6.27. The maximum atomic E-state index is 13.5. The molecule has 2 aliphatic rings. The van der Waals surface area contributed by atoms with E-state index >= 15 is 0 Å². The lowest BCUT2D eigenvalue weighted by molar-refractivity contribution is 0.218. The Morgan fingerprint density at radius 3 is 2.58 bits per heavy atom. The van der Waals surface area contributed by atoms with Gasteiger partial charge in [0.15, 0.2) is 5.17 Å². The van der Waals surface area contributed by atoms with Crippen molar-refractivity contribution in [3.05, 3.63) is 65.1 Å². The highest BCUT2D eigenvalue weighted by atomic mass is 32.2. The summed E-state index contributed by atoms with van der Waals surface area (Å²) in [5.41, 5.74) is 2.15. The molecule has 0 radical (unpaired) electrons. The monoisotopic (exact) mass is 487 g/mol. The van der Waals surface area contributed by atoms with Gasteiger partial charge >= 0.3 is 0 Å². The Bertz CT molecular complexity index is 1080. The number of ether oxygens (including phenoxy) is 1. The highest BCUT2D eigenvalue weighted by molar-refractivity contribution is 8.17. The second kappa shape index (κ2) is 10.8. The first-order valence-electron chi connectivity index (χ1n) is 10.9. The van der Waals surface area contributed by atoms with Crippen molar-refractivity contribution in [3.8, 4) is 16.9 Å². The van der Waals surface area contributed by atoms with Gasteiger partial charge in [0.05, 0.1) is 13.2 Å². The quantitative estimate of drug-likeness (QED) is 0.493. The van der Waals surface area contributed by atoms with Gasteiger partial charge in [0.2, 0.25) is 0 Å². The number of amidine groups is 1. The van der Waals surface area contributed by atoms with E-state index in [0.29, 0.717) is 16.9 Å². The van der Waals surface area contributed by atoms with Crippen LogP contribution in [-0.2, 0) is 0 Å². The summed E-state index contributed by atoms with van der Waals surface area (Å²) in [4.78, 5) is 10.8. The van der Waals surface area contributed by atoms with Gasteiger partial charge < -0.3 is 14.5 Å². The van der Waals surface area contributed by atoms with E-state index < -0.39 is 8.54 Å². The second-order valence-corrected chi connectivity index (χ2v) is 10.1. The van der Waals surface area contributed by atoms with Crippen LogP contribution in [0.3, 0.4) is 0 Å². The number of methoxy groups -OCH3 is 1. The molecule has 174 valence electrons. The number of halogens is 2. The lowest BCUT2D eigenvalue weighted by Crippen LogP contribution is -2.46. The fourth-order valence-corrected chi connectivity index (χ4v) is 5.58. The van der Waals surface area contributed by atoms with E-state index in [0.717, 1.165) is 36.9 Å². The predicted octanol–water partition coefficient (Wildman–Crippen LogP) is 5.87. The van der Waals surface area contributed by atoms with Crippen molar-refractivity contribution in [2.75, 3.05) is 40.3 Å². The molecule has 2 heterocycles. The number of rotatable bonds is 5.